The summed E-state index contributed by atoms with van der Waals surface area (Å²) in [6, 6.07) is 8.62. The molecule has 1 atom stereocenters. The Morgan fingerprint density at radius 1 is 1.09 bits per heavy atom. The second-order valence-electron chi connectivity index (χ2n) is 9.00. The summed E-state index contributed by atoms with van der Waals surface area (Å²) in [7, 11) is 0. The van der Waals surface area contributed by atoms with Crippen molar-refractivity contribution in [1.82, 2.24) is 29.7 Å². The van der Waals surface area contributed by atoms with Gasteiger partial charge >= 0.3 is 5.69 Å². The minimum Gasteiger partial charge on any atom is -0.339 e. The number of anilines is 1. The van der Waals surface area contributed by atoms with E-state index in [1.807, 2.05) is 17.2 Å². The third-order valence-corrected chi connectivity index (χ3v) is 7.97. The molecule has 10 nitrogen and oxygen atoms in total. The zero-order valence-corrected chi connectivity index (χ0v) is 19.9. The summed E-state index contributed by atoms with van der Waals surface area (Å²) < 4.78 is 0.879. The van der Waals surface area contributed by atoms with Gasteiger partial charge in [-0.1, -0.05) is 35.3 Å². The summed E-state index contributed by atoms with van der Waals surface area (Å²) in [5.74, 6) is 0.350. The van der Waals surface area contributed by atoms with E-state index in [2.05, 4.69) is 31.2 Å². The Bertz CT molecular complexity index is 1590. The van der Waals surface area contributed by atoms with Crippen molar-refractivity contribution in [3.8, 4) is 5.69 Å². The van der Waals surface area contributed by atoms with Crippen molar-refractivity contribution in [2.45, 2.75) is 25.3 Å². The largest absolute Gasteiger partial charge is 0.339 e. The molecule has 4 heterocycles. The van der Waals surface area contributed by atoms with Crippen LogP contribution in [0.25, 0.3) is 16.9 Å². The van der Waals surface area contributed by atoms with Gasteiger partial charge in [-0.25, -0.2) is 9.36 Å². The molecule has 0 radical (unpaired) electrons. The van der Waals surface area contributed by atoms with Gasteiger partial charge in [0.1, 0.15) is 0 Å². The van der Waals surface area contributed by atoms with Crippen molar-refractivity contribution < 1.29 is 0 Å². The minimum absolute atomic E-state index is 0.0459. The van der Waals surface area contributed by atoms with Gasteiger partial charge in [0.15, 0.2) is 11.2 Å². The van der Waals surface area contributed by atoms with Gasteiger partial charge in [0, 0.05) is 31.0 Å². The van der Waals surface area contributed by atoms with Crippen LogP contribution in [0.4, 0.5) is 5.95 Å². The molecule has 6 rings (SSSR count). The van der Waals surface area contributed by atoms with Crippen LogP contribution in [0.5, 0.6) is 0 Å². The number of hydrogen-bond acceptors (Lipinski definition) is 8. The number of hydrogen-bond donors (Lipinski definition) is 2. The zero-order valence-electron chi connectivity index (χ0n) is 18.4. The number of nitrogens with two attached hydrogens (primary N) is 1. The number of fused-ring (bicyclic) bond motifs is 2. The number of nitrogens with zero attached hydrogens (tertiary/aromatic N) is 6. The molecule has 35 heavy (non-hydrogen) atoms. The van der Waals surface area contributed by atoms with E-state index in [1.54, 1.807) is 12.1 Å². The third-order valence-electron chi connectivity index (χ3n) is 7.16. The Hall–Kier alpha value is -3.34. The molecule has 0 unspecified atom stereocenters. The molecule has 2 aliphatic rings. The average molecular weight is 511 g/mol. The van der Waals surface area contributed by atoms with E-state index < -0.39 is 11.2 Å². The highest BCUT2D eigenvalue weighted by molar-refractivity contribution is 6.43. The predicted molar refractivity (Wildman–Crippen MR) is 132 cm³/mol. The molecule has 1 saturated heterocycles. The third kappa shape index (κ3) is 3.43. The Morgan fingerprint density at radius 2 is 1.89 bits per heavy atom. The highest BCUT2D eigenvalue weighted by atomic mass is 35.5. The van der Waals surface area contributed by atoms with E-state index in [1.165, 1.54) is 6.07 Å². The summed E-state index contributed by atoms with van der Waals surface area (Å²) in [6.45, 7) is 1.35. The average Bonchev–Trinajstić information content (AvgIpc) is 3.13. The quantitative estimate of drug-likeness (QED) is 0.419. The Balaban J connectivity index is 1.30. The van der Waals surface area contributed by atoms with Gasteiger partial charge in [-0.2, -0.15) is 4.98 Å². The first kappa shape index (κ1) is 22.1. The molecule has 0 saturated carbocycles. The highest BCUT2D eigenvalue weighted by Crippen LogP contribution is 2.50. The number of piperidine rings is 1. The molecular weight excluding hydrogens is 491 g/mol. The van der Waals surface area contributed by atoms with Crippen LogP contribution in [0.2, 0.25) is 10.0 Å². The minimum atomic E-state index is -0.696. The van der Waals surface area contributed by atoms with Crippen molar-refractivity contribution in [2.75, 3.05) is 18.0 Å². The summed E-state index contributed by atoms with van der Waals surface area (Å²) in [4.78, 5) is 39.5. The van der Waals surface area contributed by atoms with Crippen LogP contribution in [-0.4, -0.2) is 42.8 Å². The van der Waals surface area contributed by atoms with E-state index in [4.69, 9.17) is 28.9 Å². The highest BCUT2D eigenvalue weighted by Gasteiger charge is 2.46. The van der Waals surface area contributed by atoms with Crippen LogP contribution in [0.3, 0.4) is 0 Å². The second-order valence-corrected chi connectivity index (χ2v) is 9.78. The van der Waals surface area contributed by atoms with E-state index in [-0.39, 0.29) is 38.4 Å². The number of nitrogens with one attached hydrogen (secondary N) is 1. The molecular formula is C23H20Cl2N8O2. The topological polar surface area (TPSA) is 136 Å². The van der Waals surface area contributed by atoms with Crippen LogP contribution >= 0.6 is 23.2 Å². The van der Waals surface area contributed by atoms with Crippen LogP contribution in [-0.2, 0) is 6.42 Å². The number of halogens is 2. The number of H-pyrrole nitrogens is 1. The molecule has 0 amide bonds. The summed E-state index contributed by atoms with van der Waals surface area (Å²) in [5, 5.41) is 8.61. The standard InChI is InChI=1S/C23H20Cl2N8O2/c24-13-4-1-5-15(16(13)25)33-20(34)17-19(29-22(33)35)28-21(31-30-17)32-9-6-23(7-10-32)11-14-12(18(23)26)3-2-8-27-14/h1-5,8,18H,6-7,9-11,26H2,(H,28,29,31,35)/t18-/m1/s1. The fraction of sp³-hybridized carbons (Fsp3) is 0.304. The van der Waals surface area contributed by atoms with Gasteiger partial charge in [-0.05, 0) is 48.4 Å². The van der Waals surface area contributed by atoms with Crippen molar-refractivity contribution in [3.05, 3.63) is 78.7 Å². The number of aromatic amines is 1. The zero-order chi connectivity index (χ0) is 24.3. The molecule has 0 bridgehead atoms. The molecule has 3 aromatic heterocycles. The number of aromatic nitrogens is 6. The maximum atomic E-state index is 13.1. The number of rotatable bonds is 2. The molecule has 4 aromatic rings. The molecule has 1 fully saturated rings. The van der Waals surface area contributed by atoms with E-state index in [0.29, 0.717) is 19.0 Å². The summed E-state index contributed by atoms with van der Waals surface area (Å²) >= 11 is 12.3. The van der Waals surface area contributed by atoms with Crippen molar-refractivity contribution in [3.63, 3.8) is 0 Å². The lowest BCUT2D eigenvalue weighted by Crippen LogP contribution is -2.45. The van der Waals surface area contributed by atoms with E-state index >= 15 is 0 Å². The van der Waals surface area contributed by atoms with Gasteiger partial charge in [0.2, 0.25) is 5.95 Å². The number of benzene rings is 1. The van der Waals surface area contributed by atoms with Gasteiger partial charge in [0.05, 0.1) is 15.7 Å². The Kier molecular flexibility index (Phi) is 5.13. The van der Waals surface area contributed by atoms with Gasteiger partial charge in [-0.15, -0.1) is 10.2 Å². The summed E-state index contributed by atoms with van der Waals surface area (Å²) in [5.41, 5.74) is 7.56. The van der Waals surface area contributed by atoms with Crippen LogP contribution in [0.1, 0.15) is 30.1 Å². The molecule has 178 valence electrons. The lowest BCUT2D eigenvalue weighted by atomic mass is 9.73. The maximum Gasteiger partial charge on any atom is 0.334 e. The molecule has 12 heteroatoms. The number of pyridine rings is 1. The Morgan fingerprint density at radius 3 is 2.66 bits per heavy atom. The maximum absolute atomic E-state index is 13.1. The van der Waals surface area contributed by atoms with Gasteiger partial charge < -0.3 is 10.6 Å². The predicted octanol–water partition coefficient (Wildman–Crippen LogP) is 2.41. The van der Waals surface area contributed by atoms with Crippen molar-refractivity contribution in [1.29, 1.82) is 0 Å². The van der Waals surface area contributed by atoms with Gasteiger partial charge in [0.25, 0.3) is 5.56 Å². The van der Waals surface area contributed by atoms with E-state index in [0.717, 1.165) is 35.1 Å². The smallest absolute Gasteiger partial charge is 0.334 e. The lowest BCUT2D eigenvalue weighted by Gasteiger charge is -2.41. The monoisotopic (exact) mass is 510 g/mol. The Labute approximate surface area is 208 Å². The first-order valence-electron chi connectivity index (χ1n) is 11.2. The molecule has 1 aliphatic heterocycles. The second kappa shape index (κ2) is 8.11. The normalized spacial score (nSPS) is 18.8. The van der Waals surface area contributed by atoms with Crippen LogP contribution in [0.15, 0.2) is 46.1 Å². The van der Waals surface area contributed by atoms with E-state index in [9.17, 15) is 9.59 Å². The first-order valence-corrected chi connectivity index (χ1v) is 11.9. The van der Waals surface area contributed by atoms with Crippen LogP contribution in [0, 0.1) is 5.41 Å². The SMILES string of the molecule is N[C@@H]1c2cccnc2CC12CCN(c1nnc3c(=O)n(-c4cccc(Cl)c4Cl)c(=O)[nH]c3n1)CC2. The molecule has 1 aromatic carbocycles. The molecule has 1 aliphatic carbocycles. The lowest BCUT2D eigenvalue weighted by molar-refractivity contribution is 0.186. The molecule has 3 N–H and O–H groups in total. The first-order chi connectivity index (χ1) is 16.9. The van der Waals surface area contributed by atoms with Crippen molar-refractivity contribution >= 4 is 40.3 Å². The van der Waals surface area contributed by atoms with Crippen LogP contribution < -0.4 is 21.9 Å². The van der Waals surface area contributed by atoms with Crippen molar-refractivity contribution in [2.24, 2.45) is 11.1 Å². The van der Waals surface area contributed by atoms with Gasteiger partial charge in [-0.3, -0.25) is 14.8 Å². The summed E-state index contributed by atoms with van der Waals surface area (Å²) in [6.07, 6.45) is 4.35. The molecule has 1 spiro atoms. The fourth-order valence-electron chi connectivity index (χ4n) is 5.22. The fourth-order valence-corrected chi connectivity index (χ4v) is 5.60.